The lowest BCUT2D eigenvalue weighted by Crippen LogP contribution is -1.99. The van der Waals surface area contributed by atoms with Crippen molar-refractivity contribution < 1.29 is 9.53 Å². The van der Waals surface area contributed by atoms with Gasteiger partial charge in [0.2, 0.25) is 0 Å². The molecule has 94 valence electrons. The van der Waals surface area contributed by atoms with Crippen LogP contribution < -0.4 is 0 Å². The van der Waals surface area contributed by atoms with Crippen molar-refractivity contribution in [2.45, 2.75) is 26.7 Å². The predicted molar refractivity (Wildman–Crippen MR) is 74.5 cm³/mol. The van der Waals surface area contributed by atoms with E-state index in [-0.39, 0.29) is 5.97 Å². The van der Waals surface area contributed by atoms with Crippen molar-refractivity contribution in [3.05, 3.63) is 36.5 Å². The van der Waals surface area contributed by atoms with Crippen molar-refractivity contribution in [2.24, 2.45) is 0 Å². The Kier molecular flexibility index (Phi) is 11.3. The summed E-state index contributed by atoms with van der Waals surface area (Å²) in [5, 5.41) is 0. The van der Waals surface area contributed by atoms with Crippen LogP contribution in [0.1, 0.15) is 26.7 Å². The lowest BCUT2D eigenvalue weighted by atomic mass is 10.3. The maximum absolute atomic E-state index is 10.5. The van der Waals surface area contributed by atoms with Crippen molar-refractivity contribution in [2.75, 3.05) is 6.61 Å². The number of rotatable bonds is 5. The number of allylic oxidation sites excluding steroid dienone is 6. The Morgan fingerprint density at radius 3 is 2.56 bits per heavy atom. The maximum Gasteiger partial charge on any atom is 0.302 e. The average Bonchev–Trinajstić information content (AvgIpc) is 2.34. The second kappa shape index (κ2) is 12.9. The molecule has 0 aliphatic rings. The molecule has 0 aliphatic carbocycles. The number of hydrogen-bond donors (Lipinski definition) is 0. The molecule has 0 unspecified atom stereocenters. The molecular formula is C16H18O2. The number of carbonyl (C=O) groups is 1. The van der Waals surface area contributed by atoms with Crippen LogP contribution in [0.2, 0.25) is 0 Å². The van der Waals surface area contributed by atoms with Crippen molar-refractivity contribution in [3.8, 4) is 23.7 Å². The largest absolute Gasteiger partial charge is 0.466 e. The summed E-state index contributed by atoms with van der Waals surface area (Å²) in [6, 6.07) is 0. The quantitative estimate of drug-likeness (QED) is 0.320. The van der Waals surface area contributed by atoms with Gasteiger partial charge in [0.05, 0.1) is 6.61 Å². The predicted octanol–water partition coefficient (Wildman–Crippen LogP) is 3.03. The van der Waals surface area contributed by atoms with E-state index < -0.39 is 0 Å². The molecule has 0 N–H and O–H groups in total. The molecule has 18 heavy (non-hydrogen) atoms. The molecule has 0 aromatic heterocycles. The highest BCUT2D eigenvalue weighted by Gasteiger charge is 1.89. The van der Waals surface area contributed by atoms with Crippen LogP contribution in [0.25, 0.3) is 0 Å². The van der Waals surface area contributed by atoms with Gasteiger partial charge in [0.1, 0.15) is 0 Å². The highest BCUT2D eigenvalue weighted by atomic mass is 16.5. The first-order valence-electron chi connectivity index (χ1n) is 5.84. The van der Waals surface area contributed by atoms with Gasteiger partial charge in [-0.05, 0) is 43.8 Å². The molecule has 0 aromatic rings. The molecule has 2 nitrogen and oxygen atoms in total. The van der Waals surface area contributed by atoms with E-state index in [1.54, 1.807) is 12.2 Å². The minimum atomic E-state index is -0.229. The van der Waals surface area contributed by atoms with E-state index in [2.05, 4.69) is 23.7 Å². The minimum Gasteiger partial charge on any atom is -0.466 e. The van der Waals surface area contributed by atoms with Crippen molar-refractivity contribution in [3.63, 3.8) is 0 Å². The molecule has 0 atom stereocenters. The van der Waals surface area contributed by atoms with Gasteiger partial charge in [0.15, 0.2) is 0 Å². The van der Waals surface area contributed by atoms with Gasteiger partial charge in [-0.3, -0.25) is 4.79 Å². The Labute approximate surface area is 109 Å². The third-order valence-electron chi connectivity index (χ3n) is 1.70. The van der Waals surface area contributed by atoms with Gasteiger partial charge in [-0.1, -0.05) is 36.1 Å². The van der Waals surface area contributed by atoms with E-state index in [4.69, 9.17) is 4.74 Å². The summed E-state index contributed by atoms with van der Waals surface area (Å²) in [5.74, 6) is 10.7. The zero-order valence-corrected chi connectivity index (χ0v) is 10.9. The van der Waals surface area contributed by atoms with Crippen molar-refractivity contribution in [1.82, 2.24) is 0 Å². The van der Waals surface area contributed by atoms with Gasteiger partial charge in [-0.2, -0.15) is 0 Å². The topological polar surface area (TPSA) is 26.3 Å². The molecule has 0 amide bonds. The van der Waals surface area contributed by atoms with E-state index in [1.165, 1.54) is 6.92 Å². The Hall–Kier alpha value is -2.19. The second-order valence-electron chi connectivity index (χ2n) is 3.31. The van der Waals surface area contributed by atoms with Crippen molar-refractivity contribution in [1.29, 1.82) is 0 Å². The third-order valence-corrected chi connectivity index (χ3v) is 1.70. The van der Waals surface area contributed by atoms with Crippen molar-refractivity contribution >= 4 is 5.97 Å². The molecule has 0 aliphatic heterocycles. The lowest BCUT2D eigenvalue weighted by Gasteiger charge is -1.97. The lowest BCUT2D eigenvalue weighted by molar-refractivity contribution is -0.141. The summed E-state index contributed by atoms with van der Waals surface area (Å²) < 4.78 is 4.80. The fourth-order valence-electron chi connectivity index (χ4n) is 0.934. The van der Waals surface area contributed by atoms with Crippen LogP contribution in [0.15, 0.2) is 36.5 Å². The molecule has 0 rings (SSSR count). The number of hydrogen-bond acceptors (Lipinski definition) is 2. The average molecular weight is 242 g/mol. The zero-order chi connectivity index (χ0) is 13.5. The molecule has 0 saturated carbocycles. The monoisotopic (exact) mass is 242 g/mol. The summed E-state index contributed by atoms with van der Waals surface area (Å²) in [4.78, 5) is 10.5. The standard InChI is InChI=1S/C16H18O2/c1-3-4-5-6-7-8-9-10-11-12-13-14-15-18-16(2)17/h3-4,9-12H,13-15H2,1-2H3. The highest BCUT2D eigenvalue weighted by molar-refractivity contribution is 5.65. The number of esters is 1. The Morgan fingerprint density at radius 2 is 1.89 bits per heavy atom. The minimum absolute atomic E-state index is 0.229. The van der Waals surface area contributed by atoms with E-state index in [1.807, 2.05) is 31.2 Å². The van der Waals surface area contributed by atoms with Crippen LogP contribution in [0.4, 0.5) is 0 Å². The summed E-state index contributed by atoms with van der Waals surface area (Å²) >= 11 is 0. The summed E-state index contributed by atoms with van der Waals surface area (Å²) in [6.45, 7) is 3.80. The van der Waals surface area contributed by atoms with E-state index in [0.717, 1.165) is 12.8 Å². The smallest absolute Gasteiger partial charge is 0.302 e. The van der Waals surface area contributed by atoms with E-state index in [0.29, 0.717) is 6.61 Å². The van der Waals surface area contributed by atoms with Crippen LogP contribution in [-0.4, -0.2) is 12.6 Å². The molecule has 0 radical (unpaired) electrons. The first-order chi connectivity index (χ1) is 8.77. The molecular weight excluding hydrogens is 224 g/mol. The Morgan fingerprint density at radius 1 is 1.17 bits per heavy atom. The zero-order valence-electron chi connectivity index (χ0n) is 10.9. The highest BCUT2D eigenvalue weighted by Crippen LogP contribution is 1.92. The van der Waals surface area contributed by atoms with Gasteiger partial charge >= 0.3 is 5.97 Å². The van der Waals surface area contributed by atoms with Gasteiger partial charge in [0, 0.05) is 6.92 Å². The molecule has 0 fully saturated rings. The fourth-order valence-corrected chi connectivity index (χ4v) is 0.934. The molecule has 0 saturated heterocycles. The van der Waals surface area contributed by atoms with Gasteiger partial charge in [-0.25, -0.2) is 0 Å². The molecule has 2 heteroatoms. The number of ether oxygens (including phenoxy) is 1. The Balaban J connectivity index is 3.64. The van der Waals surface area contributed by atoms with Crippen LogP contribution in [0.3, 0.4) is 0 Å². The van der Waals surface area contributed by atoms with E-state index in [9.17, 15) is 4.79 Å². The van der Waals surface area contributed by atoms with Crippen LogP contribution in [0.5, 0.6) is 0 Å². The molecule has 0 aromatic carbocycles. The number of carbonyl (C=O) groups excluding carboxylic acids is 1. The van der Waals surface area contributed by atoms with Gasteiger partial charge < -0.3 is 4.74 Å². The summed E-state index contributed by atoms with van der Waals surface area (Å²) in [6.07, 6.45) is 12.9. The summed E-state index contributed by atoms with van der Waals surface area (Å²) in [7, 11) is 0. The normalized spacial score (nSPS) is 10.1. The van der Waals surface area contributed by atoms with E-state index >= 15 is 0 Å². The molecule has 0 heterocycles. The first kappa shape index (κ1) is 15.8. The maximum atomic E-state index is 10.5. The molecule has 0 spiro atoms. The summed E-state index contributed by atoms with van der Waals surface area (Å²) in [5.41, 5.74) is 0. The van der Waals surface area contributed by atoms with Gasteiger partial charge in [0.25, 0.3) is 0 Å². The molecule has 0 bridgehead atoms. The number of unbranched alkanes of at least 4 members (excludes halogenated alkanes) is 1. The van der Waals surface area contributed by atoms with Gasteiger partial charge in [-0.15, -0.1) is 0 Å². The van der Waals surface area contributed by atoms with Crippen LogP contribution in [0, 0.1) is 23.7 Å². The SMILES string of the molecule is CC=CC#CC#CC=CC=CCCCOC(C)=O. The van der Waals surface area contributed by atoms with Crippen LogP contribution in [-0.2, 0) is 9.53 Å². The third kappa shape index (κ3) is 13.8. The second-order valence-corrected chi connectivity index (χ2v) is 3.31. The Bertz CT molecular complexity index is 431. The first-order valence-corrected chi connectivity index (χ1v) is 5.84. The van der Waals surface area contributed by atoms with Crippen LogP contribution >= 0.6 is 0 Å². The fraction of sp³-hybridized carbons (Fsp3) is 0.312.